The lowest BCUT2D eigenvalue weighted by molar-refractivity contribution is 1.12. The fraction of sp³-hybridized carbons (Fsp3) is 0.154. The van der Waals surface area contributed by atoms with Crippen molar-refractivity contribution in [3.63, 3.8) is 0 Å². The number of aromatic nitrogens is 1. The molecule has 2 nitrogen and oxygen atoms in total. The molecule has 1 aromatic carbocycles. The van der Waals surface area contributed by atoms with Crippen molar-refractivity contribution in [3.05, 3.63) is 58.2 Å². The molecular weight excluding hydrogens is 220 g/mol. The molecule has 0 saturated heterocycles. The van der Waals surface area contributed by atoms with Crippen LogP contribution in [0.3, 0.4) is 0 Å². The van der Waals surface area contributed by atoms with Crippen LogP contribution in [0.4, 0.5) is 5.82 Å². The molecule has 0 unspecified atom stereocenters. The van der Waals surface area contributed by atoms with E-state index in [1.54, 1.807) is 6.20 Å². The summed E-state index contributed by atoms with van der Waals surface area (Å²) in [6.45, 7) is 2.04. The summed E-state index contributed by atoms with van der Waals surface area (Å²) in [5, 5.41) is 0.748. The fourth-order valence-corrected chi connectivity index (χ4v) is 1.90. The van der Waals surface area contributed by atoms with E-state index >= 15 is 0 Å². The number of rotatable bonds is 2. The average molecular weight is 233 g/mol. The molecule has 0 radical (unpaired) electrons. The molecule has 0 saturated carbocycles. The number of benzene rings is 1. The van der Waals surface area contributed by atoms with Gasteiger partial charge in [-0.3, -0.25) is 0 Å². The molecule has 82 valence electrons. The predicted octanol–water partition coefficient (Wildman–Crippen LogP) is 3.22. The van der Waals surface area contributed by atoms with Gasteiger partial charge < -0.3 is 5.73 Å². The van der Waals surface area contributed by atoms with Crippen molar-refractivity contribution in [2.75, 3.05) is 5.73 Å². The molecule has 0 fully saturated rings. The fourth-order valence-electron chi connectivity index (χ4n) is 1.69. The minimum absolute atomic E-state index is 0.597. The Labute approximate surface area is 100 Å². The number of halogens is 1. The molecule has 0 aliphatic carbocycles. The highest BCUT2D eigenvalue weighted by Gasteiger charge is 2.05. The summed E-state index contributed by atoms with van der Waals surface area (Å²) in [5.41, 5.74) is 9.25. The minimum Gasteiger partial charge on any atom is -0.383 e. The number of aryl methyl sites for hydroxylation is 1. The summed E-state index contributed by atoms with van der Waals surface area (Å²) in [5.74, 6) is 0.597. The quantitative estimate of drug-likeness (QED) is 0.864. The number of nitrogens with two attached hydrogens (primary N) is 1. The van der Waals surface area contributed by atoms with Crippen LogP contribution in [0.15, 0.2) is 36.5 Å². The number of hydrogen-bond acceptors (Lipinski definition) is 2. The maximum atomic E-state index is 5.94. The first-order valence-electron chi connectivity index (χ1n) is 5.11. The van der Waals surface area contributed by atoms with Crippen LogP contribution in [0.5, 0.6) is 0 Å². The van der Waals surface area contributed by atoms with Crippen molar-refractivity contribution in [2.45, 2.75) is 13.3 Å². The van der Waals surface area contributed by atoms with Crippen molar-refractivity contribution in [2.24, 2.45) is 0 Å². The van der Waals surface area contributed by atoms with Crippen LogP contribution < -0.4 is 5.73 Å². The van der Waals surface area contributed by atoms with Gasteiger partial charge in [0.2, 0.25) is 0 Å². The zero-order valence-electron chi connectivity index (χ0n) is 9.07. The van der Waals surface area contributed by atoms with E-state index in [0.29, 0.717) is 5.82 Å². The van der Waals surface area contributed by atoms with Gasteiger partial charge in [-0.25, -0.2) is 4.98 Å². The van der Waals surface area contributed by atoms with Crippen LogP contribution in [-0.2, 0) is 6.42 Å². The molecule has 0 atom stereocenters. The topological polar surface area (TPSA) is 38.9 Å². The molecule has 0 spiro atoms. The molecule has 1 aromatic heterocycles. The van der Waals surface area contributed by atoms with Gasteiger partial charge in [-0.2, -0.15) is 0 Å². The second-order valence-corrected chi connectivity index (χ2v) is 4.23. The molecule has 1 heterocycles. The van der Waals surface area contributed by atoms with E-state index in [0.717, 1.165) is 28.1 Å². The third kappa shape index (κ3) is 2.34. The number of pyridine rings is 1. The molecule has 0 amide bonds. The maximum Gasteiger partial charge on any atom is 0.127 e. The first-order valence-corrected chi connectivity index (χ1v) is 5.49. The van der Waals surface area contributed by atoms with Gasteiger partial charge in [-0.05, 0) is 36.2 Å². The van der Waals surface area contributed by atoms with Gasteiger partial charge in [-0.1, -0.05) is 23.7 Å². The van der Waals surface area contributed by atoms with E-state index in [4.69, 9.17) is 17.3 Å². The summed E-state index contributed by atoms with van der Waals surface area (Å²) in [6.07, 6.45) is 2.50. The van der Waals surface area contributed by atoms with Crippen LogP contribution in [0, 0.1) is 6.92 Å². The SMILES string of the molecule is Cc1ccnc(N)c1Cc1cccc(Cl)c1. The van der Waals surface area contributed by atoms with Crippen LogP contribution >= 0.6 is 11.6 Å². The van der Waals surface area contributed by atoms with E-state index in [-0.39, 0.29) is 0 Å². The summed E-state index contributed by atoms with van der Waals surface area (Å²) in [4.78, 5) is 4.10. The molecule has 2 rings (SSSR count). The zero-order valence-corrected chi connectivity index (χ0v) is 9.83. The average Bonchev–Trinajstić information content (AvgIpc) is 2.24. The first-order chi connectivity index (χ1) is 7.66. The van der Waals surface area contributed by atoms with E-state index < -0.39 is 0 Å². The first kappa shape index (κ1) is 11.0. The molecule has 0 aliphatic heterocycles. The van der Waals surface area contributed by atoms with Crippen molar-refractivity contribution in [1.29, 1.82) is 0 Å². The Morgan fingerprint density at radius 2 is 2.12 bits per heavy atom. The second kappa shape index (κ2) is 4.54. The number of nitrogen functional groups attached to an aromatic ring is 1. The highest BCUT2D eigenvalue weighted by atomic mass is 35.5. The van der Waals surface area contributed by atoms with Gasteiger partial charge in [-0.15, -0.1) is 0 Å². The lowest BCUT2D eigenvalue weighted by Gasteiger charge is -2.08. The monoisotopic (exact) mass is 232 g/mol. The molecule has 0 bridgehead atoms. The van der Waals surface area contributed by atoms with E-state index in [1.165, 1.54) is 0 Å². The molecule has 0 aliphatic rings. The van der Waals surface area contributed by atoms with E-state index in [2.05, 4.69) is 4.98 Å². The largest absolute Gasteiger partial charge is 0.383 e. The summed E-state index contributed by atoms with van der Waals surface area (Å²) < 4.78 is 0. The Kier molecular flexibility index (Phi) is 3.11. The van der Waals surface area contributed by atoms with Gasteiger partial charge in [0.15, 0.2) is 0 Å². The Balaban J connectivity index is 2.34. The number of anilines is 1. The Morgan fingerprint density at radius 3 is 2.81 bits per heavy atom. The molecule has 2 N–H and O–H groups in total. The number of hydrogen-bond donors (Lipinski definition) is 1. The molecular formula is C13H13ClN2. The van der Waals surface area contributed by atoms with Crippen LogP contribution in [-0.4, -0.2) is 4.98 Å². The van der Waals surface area contributed by atoms with Gasteiger partial charge in [0.1, 0.15) is 5.82 Å². The van der Waals surface area contributed by atoms with Crippen LogP contribution in [0.2, 0.25) is 5.02 Å². The normalized spacial score (nSPS) is 10.4. The Bertz CT molecular complexity index is 489. The minimum atomic E-state index is 0.597. The summed E-state index contributed by atoms with van der Waals surface area (Å²) >= 11 is 5.94. The predicted molar refractivity (Wildman–Crippen MR) is 67.6 cm³/mol. The summed E-state index contributed by atoms with van der Waals surface area (Å²) in [7, 11) is 0. The Hall–Kier alpha value is -1.54. The van der Waals surface area contributed by atoms with E-state index in [1.807, 2.05) is 37.3 Å². The Morgan fingerprint density at radius 1 is 1.31 bits per heavy atom. The number of nitrogens with zero attached hydrogens (tertiary/aromatic N) is 1. The van der Waals surface area contributed by atoms with Crippen LogP contribution in [0.1, 0.15) is 16.7 Å². The van der Waals surface area contributed by atoms with Crippen molar-refractivity contribution < 1.29 is 0 Å². The third-order valence-corrected chi connectivity index (χ3v) is 2.83. The van der Waals surface area contributed by atoms with E-state index in [9.17, 15) is 0 Å². The highest BCUT2D eigenvalue weighted by molar-refractivity contribution is 6.30. The standard InChI is InChI=1S/C13H13ClN2/c1-9-5-6-16-13(15)12(9)8-10-3-2-4-11(14)7-10/h2-7H,8H2,1H3,(H2,15,16). The van der Waals surface area contributed by atoms with Crippen LogP contribution in [0.25, 0.3) is 0 Å². The molecule has 3 heteroatoms. The lowest BCUT2D eigenvalue weighted by Crippen LogP contribution is -2.01. The van der Waals surface area contributed by atoms with Gasteiger partial charge in [0, 0.05) is 23.2 Å². The van der Waals surface area contributed by atoms with Gasteiger partial charge in [0.05, 0.1) is 0 Å². The highest BCUT2D eigenvalue weighted by Crippen LogP contribution is 2.20. The van der Waals surface area contributed by atoms with Crippen molar-refractivity contribution in [1.82, 2.24) is 4.98 Å². The molecule has 2 aromatic rings. The van der Waals surface area contributed by atoms with Crippen molar-refractivity contribution in [3.8, 4) is 0 Å². The molecule has 16 heavy (non-hydrogen) atoms. The lowest BCUT2D eigenvalue weighted by atomic mass is 10.0. The van der Waals surface area contributed by atoms with Crippen molar-refractivity contribution >= 4 is 17.4 Å². The third-order valence-electron chi connectivity index (χ3n) is 2.59. The zero-order chi connectivity index (χ0) is 11.5. The second-order valence-electron chi connectivity index (χ2n) is 3.80. The van der Waals surface area contributed by atoms with Gasteiger partial charge >= 0.3 is 0 Å². The smallest absolute Gasteiger partial charge is 0.127 e. The maximum absolute atomic E-state index is 5.94. The summed E-state index contributed by atoms with van der Waals surface area (Å²) in [6, 6.07) is 9.77. The van der Waals surface area contributed by atoms with Gasteiger partial charge in [0.25, 0.3) is 0 Å².